The Balaban J connectivity index is 1.80. The van der Waals surface area contributed by atoms with Crippen LogP contribution in [0.4, 0.5) is 5.82 Å². The fourth-order valence-electron chi connectivity index (χ4n) is 2.82. The van der Waals surface area contributed by atoms with Gasteiger partial charge in [0.15, 0.2) is 5.65 Å². The van der Waals surface area contributed by atoms with Gasteiger partial charge in [-0.1, -0.05) is 6.07 Å². The molecule has 6 heteroatoms. The number of imidazole rings is 1. The molecule has 0 spiro atoms. The molecule has 4 rings (SSSR count). The van der Waals surface area contributed by atoms with Crippen LogP contribution in [0.5, 0.6) is 0 Å². The fraction of sp³-hybridized carbons (Fsp3) is 0.312. The summed E-state index contributed by atoms with van der Waals surface area (Å²) < 4.78 is 7.25. The van der Waals surface area contributed by atoms with Crippen LogP contribution >= 0.6 is 0 Å². The van der Waals surface area contributed by atoms with E-state index in [-0.39, 0.29) is 0 Å². The van der Waals surface area contributed by atoms with Crippen LogP contribution in [-0.4, -0.2) is 45.9 Å². The van der Waals surface area contributed by atoms with Crippen LogP contribution < -0.4 is 4.90 Å². The zero-order chi connectivity index (χ0) is 14.9. The predicted octanol–water partition coefficient (Wildman–Crippen LogP) is 1.94. The van der Waals surface area contributed by atoms with E-state index >= 15 is 0 Å². The van der Waals surface area contributed by atoms with Gasteiger partial charge in [0.1, 0.15) is 11.5 Å². The van der Waals surface area contributed by atoms with E-state index in [1.165, 1.54) is 0 Å². The van der Waals surface area contributed by atoms with Gasteiger partial charge in [0, 0.05) is 19.3 Å². The Bertz CT molecular complexity index is 807. The number of hydrogen-bond donors (Lipinski definition) is 0. The number of anilines is 1. The molecule has 3 aromatic rings. The lowest BCUT2D eigenvalue weighted by atomic mass is 10.2. The minimum atomic E-state index is 0.752. The molecule has 1 saturated heterocycles. The summed E-state index contributed by atoms with van der Waals surface area (Å²) in [5.74, 6) is 0.978. The van der Waals surface area contributed by atoms with E-state index in [4.69, 9.17) is 9.72 Å². The van der Waals surface area contributed by atoms with Crippen LogP contribution in [0.2, 0.25) is 0 Å². The van der Waals surface area contributed by atoms with Crippen molar-refractivity contribution < 1.29 is 4.74 Å². The second-order valence-corrected chi connectivity index (χ2v) is 5.32. The van der Waals surface area contributed by atoms with E-state index in [1.807, 2.05) is 41.8 Å². The smallest absolute Gasteiger partial charge is 0.154 e. The predicted molar refractivity (Wildman–Crippen MR) is 84.0 cm³/mol. The summed E-state index contributed by atoms with van der Waals surface area (Å²) in [7, 11) is 0. The number of hydrogen-bond acceptors (Lipinski definition) is 5. The normalized spacial score (nSPS) is 15.4. The molecule has 4 heterocycles. The molecule has 1 aliphatic heterocycles. The third kappa shape index (κ3) is 2.21. The van der Waals surface area contributed by atoms with Gasteiger partial charge in [-0.25, -0.2) is 14.5 Å². The summed E-state index contributed by atoms with van der Waals surface area (Å²) in [5.41, 5.74) is 3.62. The third-order valence-corrected chi connectivity index (χ3v) is 3.88. The Morgan fingerprint density at radius 3 is 2.77 bits per heavy atom. The summed E-state index contributed by atoms with van der Waals surface area (Å²) in [6, 6.07) is 9.93. The third-order valence-electron chi connectivity index (χ3n) is 3.88. The number of rotatable bonds is 2. The molecule has 0 aromatic carbocycles. The summed E-state index contributed by atoms with van der Waals surface area (Å²) in [6.45, 7) is 5.25. The lowest BCUT2D eigenvalue weighted by Gasteiger charge is -2.28. The quantitative estimate of drug-likeness (QED) is 0.723. The van der Waals surface area contributed by atoms with Crippen molar-refractivity contribution in [3.05, 3.63) is 42.2 Å². The number of pyridine rings is 1. The van der Waals surface area contributed by atoms with Crippen molar-refractivity contribution in [2.75, 3.05) is 31.2 Å². The topological polar surface area (TPSA) is 55.5 Å². The average molecular weight is 295 g/mol. The van der Waals surface area contributed by atoms with E-state index in [2.05, 4.69) is 15.0 Å². The Kier molecular flexibility index (Phi) is 3.23. The van der Waals surface area contributed by atoms with Crippen LogP contribution in [0.3, 0.4) is 0 Å². The highest BCUT2D eigenvalue weighted by Crippen LogP contribution is 2.24. The molecule has 3 aromatic heterocycles. The van der Waals surface area contributed by atoms with Gasteiger partial charge in [-0.2, -0.15) is 5.10 Å². The number of ether oxygens (including phenoxy) is 1. The Hall–Kier alpha value is -2.47. The van der Waals surface area contributed by atoms with Crippen LogP contribution in [-0.2, 0) is 4.74 Å². The van der Waals surface area contributed by atoms with Crippen molar-refractivity contribution in [3.8, 4) is 11.4 Å². The summed E-state index contributed by atoms with van der Waals surface area (Å²) >= 11 is 0. The van der Waals surface area contributed by atoms with Gasteiger partial charge in [-0.05, 0) is 31.2 Å². The maximum Gasteiger partial charge on any atom is 0.154 e. The monoisotopic (exact) mass is 295 g/mol. The van der Waals surface area contributed by atoms with E-state index in [1.54, 1.807) is 6.20 Å². The SMILES string of the molecule is Cc1nc2cccnn2c1-c1cccc(N2CCOCC2)n1. The lowest BCUT2D eigenvalue weighted by molar-refractivity contribution is 0.122. The Morgan fingerprint density at radius 2 is 1.91 bits per heavy atom. The second-order valence-electron chi connectivity index (χ2n) is 5.32. The van der Waals surface area contributed by atoms with Crippen molar-refractivity contribution in [2.45, 2.75) is 6.92 Å². The Labute approximate surface area is 128 Å². The highest BCUT2D eigenvalue weighted by atomic mass is 16.5. The minimum Gasteiger partial charge on any atom is -0.378 e. The van der Waals surface area contributed by atoms with Gasteiger partial charge < -0.3 is 9.64 Å². The fourth-order valence-corrected chi connectivity index (χ4v) is 2.82. The molecule has 0 unspecified atom stereocenters. The lowest BCUT2D eigenvalue weighted by Crippen LogP contribution is -2.36. The maximum absolute atomic E-state index is 5.41. The van der Waals surface area contributed by atoms with Crippen molar-refractivity contribution in [3.63, 3.8) is 0 Å². The van der Waals surface area contributed by atoms with Gasteiger partial charge in [-0.15, -0.1) is 0 Å². The number of morpholine rings is 1. The molecule has 6 nitrogen and oxygen atoms in total. The van der Waals surface area contributed by atoms with Gasteiger partial charge in [-0.3, -0.25) is 0 Å². The molecule has 0 aliphatic carbocycles. The van der Waals surface area contributed by atoms with Gasteiger partial charge >= 0.3 is 0 Å². The zero-order valence-corrected chi connectivity index (χ0v) is 12.4. The molecule has 0 radical (unpaired) electrons. The highest BCUT2D eigenvalue weighted by molar-refractivity contribution is 5.64. The van der Waals surface area contributed by atoms with Crippen molar-refractivity contribution >= 4 is 11.5 Å². The molecule has 22 heavy (non-hydrogen) atoms. The van der Waals surface area contributed by atoms with E-state index in [9.17, 15) is 0 Å². The van der Waals surface area contributed by atoms with Crippen LogP contribution in [0, 0.1) is 6.92 Å². The molecule has 0 atom stereocenters. The first-order chi connectivity index (χ1) is 10.8. The summed E-state index contributed by atoms with van der Waals surface area (Å²) in [6.07, 6.45) is 1.77. The first kappa shape index (κ1) is 13.2. The van der Waals surface area contributed by atoms with Crippen molar-refractivity contribution in [1.29, 1.82) is 0 Å². The van der Waals surface area contributed by atoms with Crippen LogP contribution in [0.1, 0.15) is 5.69 Å². The second kappa shape index (κ2) is 5.38. The van der Waals surface area contributed by atoms with Crippen LogP contribution in [0.25, 0.3) is 17.0 Å². The van der Waals surface area contributed by atoms with Gasteiger partial charge in [0.05, 0.1) is 24.6 Å². The first-order valence-corrected chi connectivity index (χ1v) is 7.43. The molecule has 0 saturated carbocycles. The molecule has 0 amide bonds. The molecule has 1 aliphatic rings. The molecule has 0 bridgehead atoms. The number of fused-ring (bicyclic) bond motifs is 1. The average Bonchev–Trinajstić information content (AvgIpc) is 2.91. The first-order valence-electron chi connectivity index (χ1n) is 7.43. The molecule has 0 N–H and O–H groups in total. The standard InChI is InChI=1S/C16H17N5O/c1-12-16(21-15(18-12)6-3-7-17-21)13-4-2-5-14(19-13)20-8-10-22-11-9-20/h2-7H,8-11H2,1H3. The van der Waals surface area contributed by atoms with Crippen LogP contribution in [0.15, 0.2) is 36.5 Å². The van der Waals surface area contributed by atoms with Crippen molar-refractivity contribution in [2.24, 2.45) is 0 Å². The number of aryl methyl sites for hydroxylation is 1. The number of aromatic nitrogens is 4. The van der Waals surface area contributed by atoms with E-state index in [0.717, 1.165) is 54.9 Å². The maximum atomic E-state index is 5.41. The van der Waals surface area contributed by atoms with E-state index < -0.39 is 0 Å². The van der Waals surface area contributed by atoms with Crippen molar-refractivity contribution in [1.82, 2.24) is 19.6 Å². The zero-order valence-electron chi connectivity index (χ0n) is 12.4. The summed E-state index contributed by atoms with van der Waals surface area (Å²) in [4.78, 5) is 11.6. The molecule has 1 fully saturated rings. The molecular formula is C16H17N5O. The highest BCUT2D eigenvalue weighted by Gasteiger charge is 2.16. The van der Waals surface area contributed by atoms with Gasteiger partial charge in [0.25, 0.3) is 0 Å². The number of nitrogens with zero attached hydrogens (tertiary/aromatic N) is 5. The molecular weight excluding hydrogens is 278 g/mol. The minimum absolute atomic E-state index is 0.752. The Morgan fingerprint density at radius 1 is 1.05 bits per heavy atom. The summed E-state index contributed by atoms with van der Waals surface area (Å²) in [5, 5.41) is 4.40. The van der Waals surface area contributed by atoms with E-state index in [0.29, 0.717) is 0 Å². The van der Waals surface area contributed by atoms with Gasteiger partial charge in [0.2, 0.25) is 0 Å². The largest absolute Gasteiger partial charge is 0.378 e. The molecule has 112 valence electrons.